The topological polar surface area (TPSA) is 85.2 Å². The fourth-order valence-corrected chi connectivity index (χ4v) is 3.02. The molecule has 0 saturated heterocycles. The number of carbonyl (C=O) groups is 2. The van der Waals surface area contributed by atoms with E-state index in [-0.39, 0.29) is 24.5 Å². The van der Waals surface area contributed by atoms with Crippen molar-refractivity contribution in [2.24, 2.45) is 5.92 Å². The quantitative estimate of drug-likeness (QED) is 0.874. The van der Waals surface area contributed by atoms with Crippen molar-refractivity contribution in [3.63, 3.8) is 0 Å². The van der Waals surface area contributed by atoms with Crippen molar-refractivity contribution in [2.45, 2.75) is 33.2 Å². The van der Waals surface area contributed by atoms with Gasteiger partial charge in [-0.3, -0.25) is 9.59 Å². The van der Waals surface area contributed by atoms with Crippen LogP contribution in [0.4, 0.5) is 11.5 Å². The molecule has 0 spiro atoms. The third-order valence-electron chi connectivity index (χ3n) is 4.02. The molecule has 1 aromatic heterocycles. The summed E-state index contributed by atoms with van der Waals surface area (Å²) in [4.78, 5) is 24.1. The molecule has 3 rings (SSSR count). The van der Waals surface area contributed by atoms with E-state index in [4.69, 9.17) is 4.74 Å². The van der Waals surface area contributed by atoms with Crippen molar-refractivity contribution < 1.29 is 14.3 Å². The van der Waals surface area contributed by atoms with Crippen LogP contribution in [0.15, 0.2) is 30.5 Å². The van der Waals surface area contributed by atoms with E-state index in [9.17, 15) is 9.59 Å². The van der Waals surface area contributed by atoms with E-state index < -0.39 is 0 Å². The average Bonchev–Trinajstić information content (AvgIpc) is 3.01. The number of hydrogen-bond acceptors (Lipinski definition) is 4. The SMILES string of the molecule is CC(C)C[C@@H](C)n1nccc1NC(=O)c1cccc2c1OCC(=O)N2. The van der Waals surface area contributed by atoms with Gasteiger partial charge >= 0.3 is 0 Å². The van der Waals surface area contributed by atoms with Gasteiger partial charge in [-0.05, 0) is 31.4 Å². The van der Waals surface area contributed by atoms with Crippen LogP contribution in [0.2, 0.25) is 0 Å². The van der Waals surface area contributed by atoms with Gasteiger partial charge in [0, 0.05) is 6.07 Å². The lowest BCUT2D eigenvalue weighted by Crippen LogP contribution is -2.27. The first-order valence-electron chi connectivity index (χ1n) is 8.36. The molecule has 2 amide bonds. The summed E-state index contributed by atoms with van der Waals surface area (Å²) in [5.74, 6) is 1.02. The number of fused-ring (bicyclic) bond motifs is 1. The Morgan fingerprint density at radius 1 is 1.36 bits per heavy atom. The summed E-state index contributed by atoms with van der Waals surface area (Å²) in [7, 11) is 0. The van der Waals surface area contributed by atoms with Crippen molar-refractivity contribution in [3.8, 4) is 5.75 Å². The van der Waals surface area contributed by atoms with Gasteiger partial charge in [0.2, 0.25) is 0 Å². The molecule has 0 saturated carbocycles. The number of nitrogens with one attached hydrogen (secondary N) is 2. The van der Waals surface area contributed by atoms with Crippen LogP contribution in [-0.4, -0.2) is 28.2 Å². The molecule has 1 aromatic carbocycles. The van der Waals surface area contributed by atoms with Gasteiger partial charge in [0.05, 0.1) is 23.5 Å². The Kier molecular flexibility index (Phi) is 4.74. The number of amides is 2. The molecule has 7 heteroatoms. The Morgan fingerprint density at radius 2 is 2.16 bits per heavy atom. The fraction of sp³-hybridized carbons (Fsp3) is 0.389. The molecule has 2 heterocycles. The molecule has 0 radical (unpaired) electrons. The highest BCUT2D eigenvalue weighted by Crippen LogP contribution is 2.32. The van der Waals surface area contributed by atoms with Gasteiger partial charge < -0.3 is 15.4 Å². The first-order chi connectivity index (χ1) is 12.0. The maximum absolute atomic E-state index is 12.7. The second kappa shape index (κ2) is 6.96. The predicted molar refractivity (Wildman–Crippen MR) is 94.9 cm³/mol. The van der Waals surface area contributed by atoms with Gasteiger partial charge in [0.1, 0.15) is 5.82 Å². The molecular weight excluding hydrogens is 320 g/mol. The Bertz CT molecular complexity index is 797. The largest absolute Gasteiger partial charge is 0.481 e. The summed E-state index contributed by atoms with van der Waals surface area (Å²) < 4.78 is 7.26. The maximum Gasteiger partial charge on any atom is 0.262 e. The summed E-state index contributed by atoms with van der Waals surface area (Å²) >= 11 is 0. The number of carbonyl (C=O) groups excluding carboxylic acids is 2. The normalized spacial score (nSPS) is 14.5. The summed E-state index contributed by atoms with van der Waals surface area (Å²) in [5.41, 5.74) is 0.882. The van der Waals surface area contributed by atoms with Crippen LogP contribution >= 0.6 is 0 Å². The number of benzene rings is 1. The summed E-state index contributed by atoms with van der Waals surface area (Å²) in [6, 6.07) is 7.03. The van der Waals surface area contributed by atoms with E-state index in [0.29, 0.717) is 28.7 Å². The van der Waals surface area contributed by atoms with Gasteiger partial charge in [0.15, 0.2) is 12.4 Å². The molecule has 1 aliphatic rings. The molecule has 0 fully saturated rings. The predicted octanol–water partition coefficient (Wildman–Crippen LogP) is 3.07. The van der Waals surface area contributed by atoms with Gasteiger partial charge in [-0.15, -0.1) is 0 Å². The first kappa shape index (κ1) is 17.0. The number of ether oxygens (including phenoxy) is 1. The van der Waals surface area contributed by atoms with Crippen LogP contribution in [0, 0.1) is 5.92 Å². The van der Waals surface area contributed by atoms with Crippen LogP contribution in [0.5, 0.6) is 5.75 Å². The van der Waals surface area contributed by atoms with Crippen molar-refractivity contribution in [2.75, 3.05) is 17.2 Å². The Morgan fingerprint density at radius 3 is 2.92 bits per heavy atom. The fourth-order valence-electron chi connectivity index (χ4n) is 3.02. The van der Waals surface area contributed by atoms with E-state index in [2.05, 4.69) is 36.5 Å². The van der Waals surface area contributed by atoms with E-state index >= 15 is 0 Å². The molecule has 2 N–H and O–H groups in total. The minimum Gasteiger partial charge on any atom is -0.481 e. The average molecular weight is 342 g/mol. The van der Waals surface area contributed by atoms with Crippen LogP contribution in [0.3, 0.4) is 0 Å². The monoisotopic (exact) mass is 342 g/mol. The number of hydrogen-bond donors (Lipinski definition) is 2. The zero-order valence-electron chi connectivity index (χ0n) is 14.6. The standard InChI is InChI=1S/C18H22N4O3/c1-11(2)9-12(3)22-15(7-8-19-22)21-18(24)13-5-4-6-14-17(13)25-10-16(23)20-14/h4-8,11-12H,9-10H2,1-3H3,(H,20,23)(H,21,24)/t12-/m1/s1. The van der Waals surface area contributed by atoms with Crippen molar-refractivity contribution >= 4 is 23.3 Å². The highest BCUT2D eigenvalue weighted by molar-refractivity contribution is 6.08. The number of para-hydroxylation sites is 1. The minimum atomic E-state index is -0.300. The number of aromatic nitrogens is 2. The molecule has 0 bridgehead atoms. The van der Waals surface area contributed by atoms with Crippen LogP contribution in [0.1, 0.15) is 43.6 Å². The smallest absolute Gasteiger partial charge is 0.262 e. The second-order valence-electron chi connectivity index (χ2n) is 6.61. The van der Waals surface area contributed by atoms with Gasteiger partial charge in [-0.25, -0.2) is 4.68 Å². The van der Waals surface area contributed by atoms with Crippen molar-refractivity contribution in [1.29, 1.82) is 0 Å². The van der Waals surface area contributed by atoms with Crippen LogP contribution in [-0.2, 0) is 4.79 Å². The van der Waals surface area contributed by atoms with Crippen LogP contribution < -0.4 is 15.4 Å². The Hall–Kier alpha value is -2.83. The molecule has 1 aliphatic heterocycles. The lowest BCUT2D eigenvalue weighted by atomic mass is 10.1. The highest BCUT2D eigenvalue weighted by atomic mass is 16.5. The van der Waals surface area contributed by atoms with Gasteiger partial charge in [-0.1, -0.05) is 19.9 Å². The van der Waals surface area contributed by atoms with Crippen molar-refractivity contribution in [3.05, 3.63) is 36.0 Å². The molecule has 0 aliphatic carbocycles. The highest BCUT2D eigenvalue weighted by Gasteiger charge is 2.23. The zero-order chi connectivity index (χ0) is 18.0. The lowest BCUT2D eigenvalue weighted by molar-refractivity contribution is -0.118. The summed E-state index contributed by atoms with van der Waals surface area (Å²) in [5, 5.41) is 9.92. The van der Waals surface area contributed by atoms with Gasteiger partial charge in [-0.2, -0.15) is 5.10 Å². The zero-order valence-corrected chi connectivity index (χ0v) is 14.6. The molecule has 25 heavy (non-hydrogen) atoms. The number of anilines is 2. The Balaban J connectivity index is 1.82. The van der Waals surface area contributed by atoms with E-state index in [1.165, 1.54) is 0 Å². The van der Waals surface area contributed by atoms with Crippen molar-refractivity contribution in [1.82, 2.24) is 9.78 Å². The molecule has 0 unspecified atom stereocenters. The summed E-state index contributed by atoms with van der Waals surface area (Å²) in [6.45, 7) is 6.28. The number of rotatable bonds is 5. The third-order valence-corrected chi connectivity index (χ3v) is 4.02. The second-order valence-corrected chi connectivity index (χ2v) is 6.61. The number of nitrogens with zero attached hydrogens (tertiary/aromatic N) is 2. The summed E-state index contributed by atoms with van der Waals surface area (Å²) in [6.07, 6.45) is 2.63. The lowest BCUT2D eigenvalue weighted by Gasteiger charge is -2.21. The molecule has 2 aromatic rings. The third kappa shape index (κ3) is 3.65. The molecule has 1 atom stereocenters. The van der Waals surface area contributed by atoms with E-state index in [0.717, 1.165) is 6.42 Å². The van der Waals surface area contributed by atoms with Gasteiger partial charge in [0.25, 0.3) is 11.8 Å². The molecule has 132 valence electrons. The molecule has 7 nitrogen and oxygen atoms in total. The van der Waals surface area contributed by atoms with Crippen LogP contribution in [0.25, 0.3) is 0 Å². The van der Waals surface area contributed by atoms with E-state index in [1.54, 1.807) is 30.5 Å². The first-order valence-corrected chi connectivity index (χ1v) is 8.36. The molecular formula is C18H22N4O3. The minimum absolute atomic E-state index is 0.0966. The Labute approximate surface area is 146 Å². The maximum atomic E-state index is 12.7. The van der Waals surface area contributed by atoms with E-state index in [1.807, 2.05) is 4.68 Å².